The number of allylic oxidation sites excluding steroid dienone is 1. The van der Waals surface area contributed by atoms with Crippen LogP contribution in [0.5, 0.6) is 0 Å². The molecule has 0 aliphatic heterocycles. The predicted molar refractivity (Wildman–Crippen MR) is 31.2 cm³/mol. The number of hydrogen-bond acceptors (Lipinski definition) is 1. The second-order valence-electron chi connectivity index (χ2n) is 1.50. The summed E-state index contributed by atoms with van der Waals surface area (Å²) in [6.45, 7) is 5.14. The van der Waals surface area contributed by atoms with Gasteiger partial charge >= 0.3 is 0 Å². The van der Waals surface area contributed by atoms with Gasteiger partial charge in [-0.15, -0.1) is 0 Å². The third-order valence-electron chi connectivity index (χ3n) is 0.882. The summed E-state index contributed by atoms with van der Waals surface area (Å²) in [6, 6.07) is 0. The predicted octanol–water partition coefficient (Wildman–Crippen LogP) is 0.941. The number of hydrogen-bond donors (Lipinski definition) is 1. The molecule has 1 N–H and O–H groups in total. The molecule has 0 aliphatic rings. The fraction of sp³-hybridized carbons (Fsp3) is 0.167. The number of aromatic nitrogens is 2. The first-order chi connectivity index (χ1) is 3.93. The van der Waals surface area contributed by atoms with Gasteiger partial charge in [-0.05, 0) is 0 Å². The third kappa shape index (κ3) is 0.964. The molecule has 8 heavy (non-hydrogen) atoms. The van der Waals surface area contributed by atoms with E-state index >= 15 is 0 Å². The van der Waals surface area contributed by atoms with Crippen molar-refractivity contribution in [2.24, 2.45) is 0 Å². The molecule has 1 aromatic heterocycles. The highest BCUT2D eigenvalue weighted by molar-refractivity contribution is 4.98. The monoisotopic (exact) mass is 107 g/mol. The molecule has 0 fully saturated rings. The molecule has 0 aromatic carbocycles. The molecular weight excluding hydrogens is 100 g/mol. The number of imidazole rings is 1. The van der Waals surface area contributed by atoms with Crippen LogP contribution in [-0.4, -0.2) is 9.97 Å². The van der Waals surface area contributed by atoms with E-state index in [2.05, 4.69) is 9.97 Å². The van der Waals surface area contributed by atoms with E-state index in [4.69, 9.17) is 6.58 Å². The number of aromatic amines is 1. The first-order valence-electron chi connectivity index (χ1n) is 2.44. The molecule has 0 saturated carbocycles. The molecule has 0 saturated heterocycles. The first-order valence-corrected chi connectivity index (χ1v) is 2.44. The van der Waals surface area contributed by atoms with Gasteiger partial charge in [0, 0.05) is 12.6 Å². The van der Waals surface area contributed by atoms with E-state index in [1.54, 1.807) is 12.4 Å². The van der Waals surface area contributed by atoms with Crippen molar-refractivity contribution in [2.75, 3.05) is 0 Å². The van der Waals surface area contributed by atoms with Crippen LogP contribution >= 0.6 is 0 Å². The average molecular weight is 107 g/mol. The average Bonchev–Trinajstić information content (AvgIpc) is 2.19. The lowest BCUT2D eigenvalue weighted by Gasteiger charge is -1.79. The van der Waals surface area contributed by atoms with Crippen LogP contribution in [-0.2, 0) is 6.42 Å². The quantitative estimate of drug-likeness (QED) is 0.598. The lowest BCUT2D eigenvalue weighted by atomic mass is 10.3. The summed E-state index contributed by atoms with van der Waals surface area (Å²) in [6.07, 6.45) is 5.78. The zero-order chi connectivity index (χ0) is 5.82. The number of H-pyrrole nitrogens is 1. The van der Waals surface area contributed by atoms with Gasteiger partial charge in [0.1, 0.15) is 0 Å². The van der Waals surface area contributed by atoms with Crippen molar-refractivity contribution in [3.8, 4) is 0 Å². The Hall–Kier alpha value is -1.05. The maximum Gasteiger partial charge on any atom is 0.0923 e. The fourth-order valence-electron chi connectivity index (χ4n) is 0.523. The van der Waals surface area contributed by atoms with Crippen LogP contribution in [0.3, 0.4) is 0 Å². The van der Waals surface area contributed by atoms with Crippen molar-refractivity contribution in [1.29, 1.82) is 0 Å². The Morgan fingerprint density at radius 2 is 2.75 bits per heavy atom. The first kappa shape index (κ1) is 5.09. The Kier molecular flexibility index (Phi) is 1.47. The number of nitrogens with zero attached hydrogens (tertiary/aromatic N) is 1. The summed E-state index contributed by atoms with van der Waals surface area (Å²) in [5, 5.41) is 0. The van der Waals surface area contributed by atoms with E-state index in [-0.39, 0.29) is 0 Å². The summed E-state index contributed by atoms with van der Waals surface area (Å²) in [4.78, 5) is 6.77. The lowest BCUT2D eigenvalue weighted by Crippen LogP contribution is -1.75. The molecule has 1 rings (SSSR count). The highest BCUT2D eigenvalue weighted by Gasteiger charge is 1.85. The number of nitrogens with one attached hydrogen (secondary N) is 1. The van der Waals surface area contributed by atoms with E-state index in [1.165, 1.54) is 0 Å². The topological polar surface area (TPSA) is 28.7 Å². The van der Waals surface area contributed by atoms with Crippen LogP contribution < -0.4 is 0 Å². The van der Waals surface area contributed by atoms with Crippen molar-refractivity contribution in [3.63, 3.8) is 0 Å². The highest BCUT2D eigenvalue weighted by Crippen LogP contribution is 1.90. The summed E-state index contributed by atoms with van der Waals surface area (Å²) in [7, 11) is 0. The Labute approximate surface area is 48.3 Å². The van der Waals surface area contributed by atoms with Gasteiger partial charge < -0.3 is 4.98 Å². The maximum atomic E-state index is 5.14. The zero-order valence-electron chi connectivity index (χ0n) is 4.46. The van der Waals surface area contributed by atoms with Crippen molar-refractivity contribution >= 4 is 0 Å². The molecule has 0 spiro atoms. The van der Waals surface area contributed by atoms with Crippen molar-refractivity contribution < 1.29 is 0 Å². The smallest absolute Gasteiger partial charge is 0.0923 e. The van der Waals surface area contributed by atoms with Gasteiger partial charge in [-0.2, -0.15) is 0 Å². The largest absolute Gasteiger partial charge is 0.351 e. The molecule has 0 aliphatic carbocycles. The molecular formula is C6H7N2. The number of rotatable bonds is 2. The summed E-state index contributed by atoms with van der Waals surface area (Å²) >= 11 is 0. The minimum atomic E-state index is 0.740. The fourth-order valence-corrected chi connectivity index (χ4v) is 0.523. The Morgan fingerprint density at radius 3 is 3.25 bits per heavy atom. The van der Waals surface area contributed by atoms with E-state index in [0.29, 0.717) is 0 Å². The van der Waals surface area contributed by atoms with Crippen LogP contribution in [0.4, 0.5) is 0 Å². The van der Waals surface area contributed by atoms with Crippen LogP contribution in [0.25, 0.3) is 0 Å². The molecule has 0 bridgehead atoms. The summed E-state index contributed by atoms with van der Waals surface area (Å²) < 4.78 is 0. The van der Waals surface area contributed by atoms with Crippen molar-refractivity contribution in [3.05, 3.63) is 30.9 Å². The molecule has 1 radical (unpaired) electrons. The van der Waals surface area contributed by atoms with Crippen molar-refractivity contribution in [1.82, 2.24) is 9.97 Å². The lowest BCUT2D eigenvalue weighted by molar-refractivity contribution is 1.15. The van der Waals surface area contributed by atoms with Gasteiger partial charge in [0.2, 0.25) is 0 Å². The van der Waals surface area contributed by atoms with Gasteiger partial charge in [0.15, 0.2) is 0 Å². The van der Waals surface area contributed by atoms with Gasteiger partial charge in [0.25, 0.3) is 0 Å². The van der Waals surface area contributed by atoms with Gasteiger partial charge in [-0.1, -0.05) is 12.7 Å². The van der Waals surface area contributed by atoms with E-state index in [0.717, 1.165) is 12.1 Å². The second-order valence-corrected chi connectivity index (χ2v) is 1.50. The summed E-state index contributed by atoms with van der Waals surface area (Å²) in [5.74, 6) is 0. The van der Waals surface area contributed by atoms with Crippen LogP contribution in [0.1, 0.15) is 5.69 Å². The molecule has 1 aromatic rings. The molecule has 1 heterocycles. The molecule has 2 heteroatoms. The molecule has 0 amide bonds. The van der Waals surface area contributed by atoms with E-state index in [9.17, 15) is 0 Å². The zero-order valence-corrected chi connectivity index (χ0v) is 4.46. The minimum absolute atomic E-state index is 0.740. The van der Waals surface area contributed by atoms with Gasteiger partial charge in [0.05, 0.1) is 12.0 Å². The summed E-state index contributed by atoms with van der Waals surface area (Å²) in [5.41, 5.74) is 0.979. The van der Waals surface area contributed by atoms with Crippen LogP contribution in [0.15, 0.2) is 18.6 Å². The third-order valence-corrected chi connectivity index (χ3v) is 0.882. The second kappa shape index (κ2) is 2.31. The van der Waals surface area contributed by atoms with Crippen molar-refractivity contribution in [2.45, 2.75) is 6.42 Å². The van der Waals surface area contributed by atoms with Gasteiger partial charge in [-0.25, -0.2) is 4.98 Å². The Morgan fingerprint density at radius 1 is 1.88 bits per heavy atom. The minimum Gasteiger partial charge on any atom is -0.351 e. The molecule has 0 atom stereocenters. The molecule has 0 unspecified atom stereocenters. The van der Waals surface area contributed by atoms with Crippen LogP contribution in [0, 0.1) is 6.58 Å². The normalized spacial score (nSPS) is 9.00. The Balaban J connectivity index is 2.62. The van der Waals surface area contributed by atoms with E-state index in [1.807, 2.05) is 6.20 Å². The van der Waals surface area contributed by atoms with E-state index < -0.39 is 0 Å². The molecule has 2 nitrogen and oxygen atoms in total. The SMILES string of the molecule is [CH]=CCc1c[nH]cn1. The molecule has 41 valence electrons. The highest BCUT2D eigenvalue weighted by atomic mass is 14.8. The standard InChI is InChI=1S/C6H7N2/c1-2-3-6-4-7-5-8-6/h1-2,4-5H,3H2,(H,7,8). The maximum absolute atomic E-state index is 5.14. The van der Waals surface area contributed by atoms with Crippen LogP contribution in [0.2, 0.25) is 0 Å². The Bertz CT molecular complexity index is 153. The van der Waals surface area contributed by atoms with Gasteiger partial charge in [-0.3, -0.25) is 0 Å².